The molecule has 0 aromatic heterocycles. The van der Waals surface area contributed by atoms with Crippen LogP contribution in [-0.2, 0) is 9.84 Å². The average molecular weight is 161 g/mol. The predicted molar refractivity (Wildman–Crippen MR) is 40.0 cm³/mol. The number of hydrogen-bond donors (Lipinski definition) is 0. The van der Waals surface area contributed by atoms with Gasteiger partial charge in [-0.05, 0) is 6.92 Å². The molecule has 3 nitrogen and oxygen atoms in total. The predicted octanol–water partition coefficient (Wildman–Crippen LogP) is 1.82. The minimum atomic E-state index is -1.47. The summed E-state index contributed by atoms with van der Waals surface area (Å²) in [5.74, 6) is 0. The molecule has 0 aliphatic heterocycles. The molecule has 0 bridgehead atoms. The standard InChI is InChI=1S/C6H13O3Si/c1-5(9-6(7)8)10(2,3)4/h5H,1-4H3. The third kappa shape index (κ3) is 3.50. The second-order valence-electron chi connectivity index (χ2n) is 3.38. The second-order valence-corrected chi connectivity index (χ2v) is 8.92. The van der Waals surface area contributed by atoms with Gasteiger partial charge in [-0.3, -0.25) is 0 Å². The van der Waals surface area contributed by atoms with Crippen LogP contribution in [0.4, 0.5) is 4.79 Å². The van der Waals surface area contributed by atoms with Crippen LogP contribution in [0.3, 0.4) is 0 Å². The molecule has 0 aromatic rings. The Hall–Kier alpha value is -0.513. The van der Waals surface area contributed by atoms with Crippen LogP contribution in [0.1, 0.15) is 6.92 Å². The summed E-state index contributed by atoms with van der Waals surface area (Å²) in [6, 6.07) is 0. The van der Waals surface area contributed by atoms with E-state index >= 15 is 0 Å². The first kappa shape index (κ1) is 9.49. The Morgan fingerprint density at radius 2 is 1.80 bits per heavy atom. The third-order valence-electron chi connectivity index (χ3n) is 1.49. The fourth-order valence-corrected chi connectivity index (χ4v) is 0.771. The maximum Gasteiger partial charge on any atom is 0.549 e. The van der Waals surface area contributed by atoms with E-state index in [0.29, 0.717) is 0 Å². The number of ether oxygens (including phenoxy) is 1. The summed E-state index contributed by atoms with van der Waals surface area (Å²) < 4.78 is 4.48. The lowest BCUT2D eigenvalue weighted by Crippen LogP contribution is -2.38. The monoisotopic (exact) mass is 161 g/mol. The molecule has 0 saturated carbocycles. The van der Waals surface area contributed by atoms with Crippen LogP contribution >= 0.6 is 0 Å². The van der Waals surface area contributed by atoms with E-state index in [1.807, 2.05) is 19.6 Å². The van der Waals surface area contributed by atoms with Crippen LogP contribution in [-0.4, -0.2) is 20.0 Å². The second kappa shape index (κ2) is 3.05. The highest BCUT2D eigenvalue weighted by atomic mass is 28.3. The van der Waals surface area contributed by atoms with E-state index in [4.69, 9.17) is 0 Å². The van der Waals surface area contributed by atoms with Gasteiger partial charge in [0.15, 0.2) is 0 Å². The summed E-state index contributed by atoms with van der Waals surface area (Å²) in [7, 11) is -1.47. The summed E-state index contributed by atoms with van der Waals surface area (Å²) in [6.07, 6.45) is -1.42. The molecule has 1 atom stereocenters. The molecule has 0 spiro atoms. The summed E-state index contributed by atoms with van der Waals surface area (Å²) in [5.41, 5.74) is -0.183. The van der Waals surface area contributed by atoms with E-state index in [9.17, 15) is 9.90 Å². The van der Waals surface area contributed by atoms with Crippen molar-refractivity contribution in [2.45, 2.75) is 32.3 Å². The maximum atomic E-state index is 9.95. The first-order chi connectivity index (χ1) is 4.34. The van der Waals surface area contributed by atoms with Crippen molar-refractivity contribution < 1.29 is 14.6 Å². The molecule has 4 heteroatoms. The molecule has 0 fully saturated rings. The van der Waals surface area contributed by atoms with Crippen molar-refractivity contribution in [2.24, 2.45) is 0 Å². The molecular weight excluding hydrogens is 148 g/mol. The molecule has 0 aliphatic carbocycles. The molecular formula is C6H13O3Si. The van der Waals surface area contributed by atoms with E-state index in [0.717, 1.165) is 0 Å². The zero-order chi connectivity index (χ0) is 8.36. The molecule has 1 radical (unpaired) electrons. The Morgan fingerprint density at radius 3 is 1.90 bits per heavy atom. The van der Waals surface area contributed by atoms with Crippen molar-refractivity contribution in [2.75, 3.05) is 0 Å². The van der Waals surface area contributed by atoms with Gasteiger partial charge in [0.05, 0.1) is 13.8 Å². The molecule has 0 saturated heterocycles. The van der Waals surface area contributed by atoms with Crippen molar-refractivity contribution in [3.8, 4) is 0 Å². The van der Waals surface area contributed by atoms with E-state index in [2.05, 4.69) is 4.74 Å². The van der Waals surface area contributed by atoms with Crippen LogP contribution in [0, 0.1) is 0 Å². The smallest absolute Gasteiger partial charge is 0.433 e. The average Bonchev–Trinajstić information content (AvgIpc) is 1.60. The summed E-state index contributed by atoms with van der Waals surface area (Å²) in [6.45, 7) is 7.89. The lowest BCUT2D eigenvalue weighted by atomic mass is 10.8. The first-order valence-electron chi connectivity index (χ1n) is 3.21. The van der Waals surface area contributed by atoms with Gasteiger partial charge in [0.25, 0.3) is 0 Å². The topological polar surface area (TPSA) is 46.2 Å². The normalized spacial score (nSPS) is 14.4. The molecule has 1 unspecified atom stereocenters. The minimum Gasteiger partial charge on any atom is -0.433 e. The van der Waals surface area contributed by atoms with Gasteiger partial charge in [0.1, 0.15) is 0 Å². The van der Waals surface area contributed by atoms with Crippen LogP contribution in [0.15, 0.2) is 0 Å². The Balaban J connectivity index is 3.85. The largest absolute Gasteiger partial charge is 0.549 e. The molecule has 0 aliphatic rings. The third-order valence-corrected chi connectivity index (χ3v) is 4.05. The van der Waals surface area contributed by atoms with Gasteiger partial charge in [-0.25, -0.2) is 0 Å². The molecule has 0 heterocycles. The van der Waals surface area contributed by atoms with E-state index < -0.39 is 14.2 Å². The number of rotatable bonds is 2. The Kier molecular flexibility index (Phi) is 2.89. The maximum absolute atomic E-state index is 9.95. The van der Waals surface area contributed by atoms with Gasteiger partial charge in [0, 0.05) is 0 Å². The van der Waals surface area contributed by atoms with Crippen molar-refractivity contribution >= 4 is 14.2 Å². The fourth-order valence-electron chi connectivity index (χ4n) is 0.321. The van der Waals surface area contributed by atoms with Crippen molar-refractivity contribution in [3.63, 3.8) is 0 Å². The van der Waals surface area contributed by atoms with Gasteiger partial charge in [-0.1, -0.05) is 19.6 Å². The van der Waals surface area contributed by atoms with Crippen molar-refractivity contribution in [1.29, 1.82) is 0 Å². The zero-order valence-electron chi connectivity index (χ0n) is 6.80. The van der Waals surface area contributed by atoms with Gasteiger partial charge >= 0.3 is 6.16 Å². The quantitative estimate of drug-likeness (QED) is 0.458. The van der Waals surface area contributed by atoms with Gasteiger partial charge in [-0.15, -0.1) is 0 Å². The lowest BCUT2D eigenvalue weighted by molar-refractivity contribution is 0.0586. The Bertz CT molecular complexity index is 127. The fraction of sp³-hybridized carbons (Fsp3) is 0.833. The minimum absolute atomic E-state index is 0.183. The highest BCUT2D eigenvalue weighted by Gasteiger charge is 2.26. The molecule has 0 rings (SSSR count). The first-order valence-corrected chi connectivity index (χ1v) is 6.79. The Labute approximate surface area is 62.0 Å². The molecule has 0 N–H and O–H groups in total. The summed E-state index contributed by atoms with van der Waals surface area (Å²) in [4.78, 5) is 9.95. The van der Waals surface area contributed by atoms with Gasteiger partial charge in [-0.2, -0.15) is 9.90 Å². The Morgan fingerprint density at radius 1 is 1.40 bits per heavy atom. The molecule has 0 aromatic carbocycles. The van der Waals surface area contributed by atoms with Crippen LogP contribution in [0.2, 0.25) is 19.6 Å². The van der Waals surface area contributed by atoms with Gasteiger partial charge < -0.3 is 4.74 Å². The highest BCUT2D eigenvalue weighted by molar-refractivity contribution is 6.77. The highest BCUT2D eigenvalue weighted by Crippen LogP contribution is 2.10. The van der Waals surface area contributed by atoms with Crippen molar-refractivity contribution in [1.82, 2.24) is 0 Å². The van der Waals surface area contributed by atoms with E-state index in [1.54, 1.807) is 6.92 Å². The summed E-state index contributed by atoms with van der Waals surface area (Å²) in [5, 5.41) is 9.95. The molecule has 0 amide bonds. The lowest BCUT2D eigenvalue weighted by Gasteiger charge is -2.22. The summed E-state index contributed by atoms with van der Waals surface area (Å²) >= 11 is 0. The number of carbonyl (C=O) groups excluding carboxylic acids is 1. The van der Waals surface area contributed by atoms with Gasteiger partial charge in [0.2, 0.25) is 0 Å². The van der Waals surface area contributed by atoms with Crippen molar-refractivity contribution in [3.05, 3.63) is 0 Å². The van der Waals surface area contributed by atoms with E-state index in [1.165, 1.54) is 0 Å². The van der Waals surface area contributed by atoms with E-state index in [-0.39, 0.29) is 5.73 Å². The molecule has 10 heavy (non-hydrogen) atoms. The van der Waals surface area contributed by atoms with Crippen LogP contribution in [0.25, 0.3) is 0 Å². The molecule has 59 valence electrons. The zero-order valence-corrected chi connectivity index (χ0v) is 7.80. The SMILES string of the molecule is CC(OC([O])=O)[Si](C)(C)C. The number of carbonyl (C=O) groups is 1. The number of hydrogen-bond acceptors (Lipinski definition) is 2. The van der Waals surface area contributed by atoms with Crippen LogP contribution in [0.5, 0.6) is 0 Å². The van der Waals surface area contributed by atoms with Crippen LogP contribution < -0.4 is 0 Å².